The number of esters is 1. The molecule has 0 unspecified atom stereocenters. The summed E-state index contributed by atoms with van der Waals surface area (Å²) < 4.78 is 4.89. The minimum Gasteiger partial charge on any atom is -0.468 e. The molecule has 1 aromatic carbocycles. The van der Waals surface area contributed by atoms with E-state index in [0.29, 0.717) is 0 Å². The zero-order valence-corrected chi connectivity index (χ0v) is 16.3. The fourth-order valence-electron chi connectivity index (χ4n) is 2.92. The number of carbonyl (C=O) groups excluding carboxylic acids is 1. The average molecular weight is 342 g/mol. The van der Waals surface area contributed by atoms with E-state index in [1.807, 2.05) is 32.2 Å². The van der Waals surface area contributed by atoms with Gasteiger partial charge < -0.3 is 9.72 Å². The number of H-pyrrole nitrogens is 1. The van der Waals surface area contributed by atoms with Crippen LogP contribution in [0.25, 0.3) is 0 Å². The van der Waals surface area contributed by atoms with E-state index in [2.05, 4.69) is 42.9 Å². The van der Waals surface area contributed by atoms with Crippen LogP contribution in [0, 0.1) is 5.41 Å². The number of methoxy groups -OCH3 is 1. The summed E-state index contributed by atoms with van der Waals surface area (Å²) in [5.74, 6) is 0.806. The van der Waals surface area contributed by atoms with Gasteiger partial charge in [0, 0.05) is 18.3 Å². The number of imidazole rings is 1. The van der Waals surface area contributed by atoms with E-state index < -0.39 is 5.41 Å². The number of aromatic amines is 1. The Hall–Kier alpha value is -2.10. The lowest BCUT2D eigenvalue weighted by Gasteiger charge is -2.22. The topological polar surface area (TPSA) is 55.0 Å². The first-order chi connectivity index (χ1) is 11.6. The van der Waals surface area contributed by atoms with Crippen molar-refractivity contribution >= 4 is 5.97 Å². The van der Waals surface area contributed by atoms with Crippen molar-refractivity contribution in [1.82, 2.24) is 9.97 Å². The summed E-state index contributed by atoms with van der Waals surface area (Å²) in [4.78, 5) is 19.8. The van der Waals surface area contributed by atoms with Crippen LogP contribution in [0.1, 0.15) is 57.3 Å². The Labute approximate surface area is 151 Å². The number of rotatable bonds is 6. The molecule has 0 aliphatic heterocycles. The highest BCUT2D eigenvalue weighted by Gasteiger charge is 2.30. The molecule has 2 aromatic rings. The van der Waals surface area contributed by atoms with Gasteiger partial charge in [-0.2, -0.15) is 0 Å². The van der Waals surface area contributed by atoms with Crippen molar-refractivity contribution < 1.29 is 9.53 Å². The van der Waals surface area contributed by atoms with Crippen LogP contribution in [0.3, 0.4) is 0 Å². The summed E-state index contributed by atoms with van der Waals surface area (Å²) in [5.41, 5.74) is 3.02. The molecule has 0 atom stereocenters. The van der Waals surface area contributed by atoms with Gasteiger partial charge in [-0.3, -0.25) is 4.79 Å². The summed E-state index contributed by atoms with van der Waals surface area (Å²) in [7, 11) is 1.43. The Kier molecular flexibility index (Phi) is 5.71. The van der Waals surface area contributed by atoms with Gasteiger partial charge in [0.15, 0.2) is 0 Å². The summed E-state index contributed by atoms with van der Waals surface area (Å²) in [5, 5.41) is 0. The number of benzene rings is 1. The number of nitrogens with zero attached hydrogens (tertiary/aromatic N) is 1. The van der Waals surface area contributed by atoms with Crippen molar-refractivity contribution in [2.75, 3.05) is 7.11 Å². The lowest BCUT2D eigenvalue weighted by molar-refractivity contribution is -0.146. The molecule has 4 heteroatoms. The van der Waals surface area contributed by atoms with Crippen molar-refractivity contribution in [2.45, 2.75) is 59.3 Å². The third kappa shape index (κ3) is 5.18. The Bertz CT molecular complexity index is 706. The number of carbonyl (C=O) groups is 1. The smallest absolute Gasteiger partial charge is 0.315 e. The minimum absolute atomic E-state index is 0.220. The third-order valence-corrected chi connectivity index (χ3v) is 4.42. The summed E-state index contributed by atoms with van der Waals surface area (Å²) in [6.07, 6.45) is 4.74. The highest BCUT2D eigenvalue weighted by Crippen LogP contribution is 2.25. The largest absolute Gasteiger partial charge is 0.468 e. The number of nitrogens with one attached hydrogen (secondary N) is 1. The van der Waals surface area contributed by atoms with Crippen molar-refractivity contribution in [1.29, 1.82) is 0 Å². The minimum atomic E-state index is -0.629. The Morgan fingerprint density at radius 3 is 2.28 bits per heavy atom. The van der Waals surface area contributed by atoms with Gasteiger partial charge in [0.05, 0.1) is 12.5 Å². The second-order valence-corrected chi connectivity index (χ2v) is 8.41. The highest BCUT2D eigenvalue weighted by atomic mass is 16.5. The molecular weight excluding hydrogens is 312 g/mol. The van der Waals surface area contributed by atoms with Crippen LogP contribution >= 0.6 is 0 Å². The van der Waals surface area contributed by atoms with Crippen LogP contribution in [0.15, 0.2) is 30.5 Å². The number of hydrogen-bond donors (Lipinski definition) is 1. The predicted octanol–water partition coefficient (Wildman–Crippen LogP) is 4.23. The Balaban J connectivity index is 1.97. The molecule has 25 heavy (non-hydrogen) atoms. The van der Waals surface area contributed by atoms with E-state index >= 15 is 0 Å². The van der Waals surface area contributed by atoms with Crippen LogP contribution in [0.5, 0.6) is 0 Å². The quantitative estimate of drug-likeness (QED) is 0.799. The molecule has 0 saturated heterocycles. The van der Waals surface area contributed by atoms with E-state index in [1.54, 1.807) is 0 Å². The SMILES string of the molecule is COC(=O)C(C)(C)c1ccc(CCc2ncc(CC(C)(C)C)[nH]2)cc1. The number of ether oxygens (including phenoxy) is 1. The molecule has 0 aliphatic carbocycles. The molecule has 136 valence electrons. The molecule has 0 bridgehead atoms. The van der Waals surface area contributed by atoms with Crippen molar-refractivity contribution in [2.24, 2.45) is 5.41 Å². The molecule has 0 saturated carbocycles. The molecule has 0 fully saturated rings. The lowest BCUT2D eigenvalue weighted by Crippen LogP contribution is -2.30. The molecule has 0 radical (unpaired) electrons. The van der Waals surface area contributed by atoms with Gasteiger partial charge in [-0.25, -0.2) is 4.98 Å². The van der Waals surface area contributed by atoms with Crippen LogP contribution in [0.4, 0.5) is 0 Å². The molecule has 1 aromatic heterocycles. The maximum Gasteiger partial charge on any atom is 0.315 e. The predicted molar refractivity (Wildman–Crippen MR) is 101 cm³/mol. The van der Waals surface area contributed by atoms with E-state index in [1.165, 1.54) is 18.4 Å². The zero-order chi connectivity index (χ0) is 18.7. The normalized spacial score (nSPS) is 12.2. The molecule has 0 amide bonds. The summed E-state index contributed by atoms with van der Waals surface area (Å²) in [6.45, 7) is 10.4. The Morgan fingerprint density at radius 2 is 1.72 bits per heavy atom. The fraction of sp³-hybridized carbons (Fsp3) is 0.524. The van der Waals surface area contributed by atoms with Crippen molar-refractivity contribution in [3.05, 3.63) is 53.1 Å². The zero-order valence-electron chi connectivity index (χ0n) is 16.3. The van der Waals surface area contributed by atoms with Crippen molar-refractivity contribution in [3.8, 4) is 0 Å². The van der Waals surface area contributed by atoms with Gasteiger partial charge in [-0.1, -0.05) is 45.0 Å². The third-order valence-electron chi connectivity index (χ3n) is 4.42. The van der Waals surface area contributed by atoms with Gasteiger partial charge in [-0.15, -0.1) is 0 Å². The Morgan fingerprint density at radius 1 is 1.08 bits per heavy atom. The number of aryl methyl sites for hydroxylation is 2. The van der Waals surface area contributed by atoms with E-state index in [4.69, 9.17) is 4.74 Å². The first-order valence-electron chi connectivity index (χ1n) is 8.82. The second kappa shape index (κ2) is 7.42. The molecule has 1 heterocycles. The summed E-state index contributed by atoms with van der Waals surface area (Å²) in [6, 6.07) is 8.19. The van der Waals surface area contributed by atoms with Gasteiger partial charge in [0.2, 0.25) is 0 Å². The highest BCUT2D eigenvalue weighted by molar-refractivity contribution is 5.82. The molecule has 1 N–H and O–H groups in total. The fourth-order valence-corrected chi connectivity index (χ4v) is 2.92. The standard InChI is InChI=1S/C21H30N2O2/c1-20(2,3)13-17-14-22-18(23-17)12-9-15-7-10-16(11-8-15)21(4,5)19(24)25-6/h7-8,10-11,14H,9,12-13H2,1-6H3,(H,22,23). The van der Waals surface area contributed by atoms with E-state index in [0.717, 1.165) is 30.7 Å². The maximum absolute atomic E-state index is 11.9. The molecule has 0 spiro atoms. The number of aromatic nitrogens is 2. The first-order valence-corrected chi connectivity index (χ1v) is 8.82. The van der Waals surface area contributed by atoms with E-state index in [-0.39, 0.29) is 11.4 Å². The molecular formula is C21H30N2O2. The maximum atomic E-state index is 11.9. The van der Waals surface area contributed by atoms with Gasteiger partial charge >= 0.3 is 5.97 Å². The average Bonchev–Trinajstić information content (AvgIpc) is 2.97. The summed E-state index contributed by atoms with van der Waals surface area (Å²) >= 11 is 0. The molecule has 2 rings (SSSR count). The van der Waals surface area contributed by atoms with Crippen LogP contribution in [0.2, 0.25) is 0 Å². The first kappa shape index (κ1) is 19.2. The second-order valence-electron chi connectivity index (χ2n) is 8.41. The van der Waals surface area contributed by atoms with Crippen LogP contribution in [-0.2, 0) is 34.2 Å². The van der Waals surface area contributed by atoms with Crippen molar-refractivity contribution in [3.63, 3.8) is 0 Å². The molecule has 4 nitrogen and oxygen atoms in total. The molecule has 0 aliphatic rings. The monoisotopic (exact) mass is 342 g/mol. The van der Waals surface area contributed by atoms with Gasteiger partial charge in [0.1, 0.15) is 5.82 Å². The number of hydrogen-bond acceptors (Lipinski definition) is 3. The van der Waals surface area contributed by atoms with Gasteiger partial charge in [0.25, 0.3) is 0 Å². The van der Waals surface area contributed by atoms with Gasteiger partial charge in [-0.05, 0) is 43.2 Å². The van der Waals surface area contributed by atoms with Crippen LogP contribution in [-0.4, -0.2) is 23.0 Å². The lowest BCUT2D eigenvalue weighted by atomic mass is 9.84. The van der Waals surface area contributed by atoms with Crippen LogP contribution < -0.4 is 0 Å². The van der Waals surface area contributed by atoms with E-state index in [9.17, 15) is 4.79 Å².